The Morgan fingerprint density at radius 2 is 1.63 bits per heavy atom. The summed E-state index contributed by atoms with van der Waals surface area (Å²) in [6.07, 6.45) is 1.90. The number of ether oxygens (including phenoxy) is 1. The van der Waals surface area contributed by atoms with Crippen LogP contribution in [0.4, 0.5) is 11.4 Å². The molecule has 150 valence electrons. The van der Waals surface area contributed by atoms with Crippen LogP contribution >= 0.6 is 11.8 Å². The molecule has 4 nitrogen and oxygen atoms in total. The van der Waals surface area contributed by atoms with E-state index in [0.29, 0.717) is 10.1 Å². The third-order valence-corrected chi connectivity index (χ3v) is 5.68. The molecule has 0 aromatic heterocycles. The Morgan fingerprint density at radius 1 is 0.933 bits per heavy atom. The van der Waals surface area contributed by atoms with Gasteiger partial charge in [0.1, 0.15) is 5.75 Å². The topological polar surface area (TPSA) is 41.9 Å². The van der Waals surface area contributed by atoms with E-state index in [1.807, 2.05) is 92.7 Å². The standard InChI is InChI=1S/C25H22N2O2S/c1-17-6-4-8-20(14-17)26-25-27(21-9-5-7-18(2)15-21)24(28)23(30-25)16-19-10-12-22(29-3)13-11-19/h4-16H,1-3H3/b23-16+,26-25?. The number of nitrogens with zero attached hydrogens (tertiary/aromatic N) is 2. The van der Waals surface area contributed by atoms with Gasteiger partial charge >= 0.3 is 0 Å². The van der Waals surface area contributed by atoms with E-state index in [1.165, 1.54) is 11.8 Å². The van der Waals surface area contributed by atoms with Crippen LogP contribution in [0.15, 0.2) is 82.7 Å². The molecule has 5 heteroatoms. The smallest absolute Gasteiger partial charge is 0.271 e. The number of thioether (sulfide) groups is 1. The molecule has 0 N–H and O–H groups in total. The molecule has 1 aliphatic heterocycles. The molecular formula is C25H22N2O2S. The van der Waals surface area contributed by atoms with Crippen molar-refractivity contribution in [3.63, 3.8) is 0 Å². The van der Waals surface area contributed by atoms with Crippen LogP contribution in [0.1, 0.15) is 16.7 Å². The normalized spacial score (nSPS) is 16.5. The van der Waals surface area contributed by atoms with Crippen LogP contribution in [0.25, 0.3) is 6.08 Å². The summed E-state index contributed by atoms with van der Waals surface area (Å²) in [5, 5.41) is 0.649. The van der Waals surface area contributed by atoms with E-state index < -0.39 is 0 Å². The lowest BCUT2D eigenvalue weighted by molar-refractivity contribution is -0.113. The zero-order chi connectivity index (χ0) is 21.1. The van der Waals surface area contributed by atoms with E-state index in [4.69, 9.17) is 9.73 Å². The quantitative estimate of drug-likeness (QED) is 0.483. The minimum atomic E-state index is -0.0761. The third kappa shape index (κ3) is 4.31. The van der Waals surface area contributed by atoms with Gasteiger partial charge in [-0.3, -0.25) is 9.69 Å². The number of aryl methyl sites for hydroxylation is 2. The fourth-order valence-corrected chi connectivity index (χ4v) is 4.20. The second kappa shape index (κ2) is 8.59. The molecule has 0 unspecified atom stereocenters. The molecule has 1 amide bonds. The van der Waals surface area contributed by atoms with Gasteiger partial charge in [-0.2, -0.15) is 0 Å². The largest absolute Gasteiger partial charge is 0.497 e. The summed E-state index contributed by atoms with van der Waals surface area (Å²) in [7, 11) is 1.64. The fourth-order valence-electron chi connectivity index (χ4n) is 3.20. The van der Waals surface area contributed by atoms with E-state index in [9.17, 15) is 4.79 Å². The van der Waals surface area contributed by atoms with Crippen molar-refractivity contribution in [1.29, 1.82) is 0 Å². The molecule has 3 aromatic carbocycles. The molecule has 0 bridgehead atoms. The molecule has 1 heterocycles. The summed E-state index contributed by atoms with van der Waals surface area (Å²) in [5.41, 5.74) is 4.80. The highest BCUT2D eigenvalue weighted by Crippen LogP contribution is 2.37. The van der Waals surface area contributed by atoms with E-state index in [-0.39, 0.29) is 5.91 Å². The Bertz CT molecular complexity index is 1150. The minimum Gasteiger partial charge on any atom is -0.497 e. The highest BCUT2D eigenvalue weighted by atomic mass is 32.2. The number of amides is 1. The summed E-state index contributed by atoms with van der Waals surface area (Å²) >= 11 is 1.39. The van der Waals surface area contributed by atoms with Crippen molar-refractivity contribution in [3.05, 3.63) is 94.4 Å². The second-order valence-corrected chi connectivity index (χ2v) is 8.11. The van der Waals surface area contributed by atoms with Crippen LogP contribution in [-0.2, 0) is 4.79 Å². The number of methoxy groups -OCH3 is 1. The monoisotopic (exact) mass is 414 g/mol. The first-order valence-electron chi connectivity index (χ1n) is 9.63. The Morgan fingerprint density at radius 3 is 2.30 bits per heavy atom. The van der Waals surface area contributed by atoms with Gasteiger partial charge in [0.05, 0.1) is 23.4 Å². The van der Waals surface area contributed by atoms with Crippen LogP contribution in [0.5, 0.6) is 5.75 Å². The first-order valence-corrected chi connectivity index (χ1v) is 10.5. The predicted molar refractivity (Wildman–Crippen MR) is 126 cm³/mol. The predicted octanol–water partition coefficient (Wildman–Crippen LogP) is 6.12. The molecule has 0 spiro atoms. The van der Waals surface area contributed by atoms with Crippen molar-refractivity contribution in [3.8, 4) is 5.75 Å². The highest BCUT2D eigenvalue weighted by Gasteiger charge is 2.34. The Hall–Kier alpha value is -3.31. The molecule has 0 atom stereocenters. The number of amidine groups is 1. The first-order chi connectivity index (χ1) is 14.5. The first kappa shape index (κ1) is 20.0. The SMILES string of the molecule is COc1ccc(/C=C2/SC(=Nc3cccc(C)c3)N(c3cccc(C)c3)C2=O)cc1. The average Bonchev–Trinajstić information content (AvgIpc) is 3.03. The summed E-state index contributed by atoms with van der Waals surface area (Å²) in [6, 6.07) is 23.5. The van der Waals surface area contributed by atoms with Crippen molar-refractivity contribution >= 4 is 40.3 Å². The second-order valence-electron chi connectivity index (χ2n) is 7.10. The molecule has 0 saturated carbocycles. The van der Waals surface area contributed by atoms with Crippen molar-refractivity contribution in [1.82, 2.24) is 0 Å². The lowest BCUT2D eigenvalue weighted by Crippen LogP contribution is -2.28. The Balaban J connectivity index is 1.76. The van der Waals surface area contributed by atoms with Gasteiger partial charge in [-0.05, 0) is 84.8 Å². The van der Waals surface area contributed by atoms with Crippen molar-refractivity contribution in [2.45, 2.75) is 13.8 Å². The van der Waals surface area contributed by atoms with Crippen LogP contribution in [0.3, 0.4) is 0 Å². The van der Waals surface area contributed by atoms with E-state index in [0.717, 1.165) is 33.8 Å². The van der Waals surface area contributed by atoms with Crippen molar-refractivity contribution in [2.75, 3.05) is 12.0 Å². The van der Waals surface area contributed by atoms with Crippen LogP contribution in [0, 0.1) is 13.8 Å². The zero-order valence-corrected chi connectivity index (χ0v) is 17.9. The lowest BCUT2D eigenvalue weighted by atomic mass is 10.2. The van der Waals surface area contributed by atoms with Gasteiger partial charge < -0.3 is 4.74 Å². The van der Waals surface area contributed by atoms with Crippen LogP contribution < -0.4 is 9.64 Å². The third-order valence-electron chi connectivity index (χ3n) is 4.71. The number of aliphatic imine (C=N–C) groups is 1. The number of benzene rings is 3. The van der Waals surface area contributed by atoms with Gasteiger partial charge in [-0.25, -0.2) is 4.99 Å². The summed E-state index contributed by atoms with van der Waals surface area (Å²) in [5.74, 6) is 0.707. The maximum Gasteiger partial charge on any atom is 0.271 e. The summed E-state index contributed by atoms with van der Waals surface area (Å²) in [4.78, 5) is 20.5. The summed E-state index contributed by atoms with van der Waals surface area (Å²) < 4.78 is 5.22. The molecule has 1 fully saturated rings. The molecule has 3 aromatic rings. The number of hydrogen-bond donors (Lipinski definition) is 0. The number of hydrogen-bond acceptors (Lipinski definition) is 4. The number of carbonyl (C=O) groups excluding carboxylic acids is 1. The lowest BCUT2D eigenvalue weighted by Gasteiger charge is -2.16. The number of anilines is 1. The average molecular weight is 415 g/mol. The zero-order valence-electron chi connectivity index (χ0n) is 17.1. The van der Waals surface area contributed by atoms with Gasteiger partial charge in [0.2, 0.25) is 0 Å². The van der Waals surface area contributed by atoms with E-state index >= 15 is 0 Å². The van der Waals surface area contributed by atoms with Gasteiger partial charge in [-0.1, -0.05) is 36.4 Å². The Labute approximate surface area is 180 Å². The molecular weight excluding hydrogens is 392 g/mol. The van der Waals surface area contributed by atoms with E-state index in [2.05, 4.69) is 0 Å². The fraction of sp³-hybridized carbons (Fsp3) is 0.120. The summed E-state index contributed by atoms with van der Waals surface area (Å²) in [6.45, 7) is 4.05. The van der Waals surface area contributed by atoms with Gasteiger partial charge in [-0.15, -0.1) is 0 Å². The van der Waals surface area contributed by atoms with Crippen molar-refractivity contribution in [2.24, 2.45) is 4.99 Å². The van der Waals surface area contributed by atoms with Gasteiger partial charge in [0.25, 0.3) is 5.91 Å². The highest BCUT2D eigenvalue weighted by molar-refractivity contribution is 8.19. The maximum atomic E-state index is 13.3. The molecule has 30 heavy (non-hydrogen) atoms. The van der Waals surface area contributed by atoms with Gasteiger partial charge in [0.15, 0.2) is 5.17 Å². The molecule has 1 saturated heterocycles. The van der Waals surface area contributed by atoms with Crippen molar-refractivity contribution < 1.29 is 9.53 Å². The molecule has 0 aliphatic carbocycles. The molecule has 1 aliphatic rings. The van der Waals surface area contributed by atoms with Crippen LogP contribution in [0.2, 0.25) is 0 Å². The minimum absolute atomic E-state index is 0.0761. The van der Waals surface area contributed by atoms with E-state index in [1.54, 1.807) is 12.0 Å². The molecule has 4 rings (SSSR count). The number of carbonyl (C=O) groups is 1. The maximum absolute atomic E-state index is 13.3. The van der Waals surface area contributed by atoms with Crippen LogP contribution in [-0.4, -0.2) is 18.2 Å². The Kier molecular flexibility index (Phi) is 5.72. The number of rotatable bonds is 4. The molecule has 0 radical (unpaired) electrons. The van der Waals surface area contributed by atoms with Gasteiger partial charge in [0, 0.05) is 0 Å².